The van der Waals surface area contributed by atoms with Crippen LogP contribution >= 0.6 is 0 Å². The zero-order chi connectivity index (χ0) is 16.5. The number of nitrogens with zero attached hydrogens (tertiary/aromatic N) is 1. The number of aromatic nitrogens is 2. The number of carbonyl (C=O) groups excluding carboxylic acids is 2. The molecule has 1 fully saturated rings. The molecule has 0 spiro atoms. The fourth-order valence-electron chi connectivity index (χ4n) is 2.86. The number of nitrogens with one attached hydrogen (secondary N) is 3. The van der Waals surface area contributed by atoms with Crippen LogP contribution < -0.4 is 10.6 Å². The molecule has 1 aromatic heterocycles. The molecular weight excluding hydrogens is 304 g/mol. The molecule has 120 valence electrons. The number of carbonyl (C=O) groups is 2. The summed E-state index contributed by atoms with van der Waals surface area (Å²) in [7, 11) is 0. The highest BCUT2D eigenvalue weighted by atomic mass is 16.2. The van der Waals surface area contributed by atoms with Crippen molar-refractivity contribution in [3.63, 3.8) is 0 Å². The zero-order valence-electron chi connectivity index (χ0n) is 12.9. The molecule has 0 radical (unpaired) electrons. The molecule has 2 heterocycles. The molecule has 3 N–H and O–H groups in total. The van der Waals surface area contributed by atoms with Crippen LogP contribution in [0.4, 0.5) is 5.69 Å². The van der Waals surface area contributed by atoms with Gasteiger partial charge in [0.25, 0.3) is 0 Å². The topological polar surface area (TPSA) is 86.9 Å². The van der Waals surface area contributed by atoms with E-state index >= 15 is 0 Å². The van der Waals surface area contributed by atoms with Crippen molar-refractivity contribution in [1.82, 2.24) is 15.3 Å². The Morgan fingerprint density at radius 1 is 1.17 bits per heavy atom. The highest BCUT2D eigenvalue weighted by Crippen LogP contribution is 2.23. The van der Waals surface area contributed by atoms with Gasteiger partial charge in [0, 0.05) is 17.7 Å². The standard InChI is InChI=1S/C18H16N4O2/c23-16-9-8-14(20-16)18(24)19-12-6-7-13-15(10-12)22-17(21-13)11-4-2-1-3-5-11/h1-7,10,14H,8-9H2,(H,19,24)(H,20,23)(H,21,22). The van der Waals surface area contributed by atoms with Gasteiger partial charge in [0.05, 0.1) is 11.0 Å². The van der Waals surface area contributed by atoms with Crippen LogP contribution in [-0.4, -0.2) is 27.8 Å². The van der Waals surface area contributed by atoms with Crippen molar-refractivity contribution >= 4 is 28.5 Å². The first-order chi connectivity index (χ1) is 11.7. The molecule has 3 aromatic rings. The van der Waals surface area contributed by atoms with Crippen LogP contribution in [-0.2, 0) is 9.59 Å². The predicted octanol–water partition coefficient (Wildman–Crippen LogP) is 2.45. The number of amides is 2. The van der Waals surface area contributed by atoms with Crippen molar-refractivity contribution in [3.8, 4) is 11.4 Å². The molecule has 1 aliphatic heterocycles. The number of H-pyrrole nitrogens is 1. The Hall–Kier alpha value is -3.15. The lowest BCUT2D eigenvalue weighted by atomic mass is 10.2. The smallest absolute Gasteiger partial charge is 0.246 e. The van der Waals surface area contributed by atoms with Gasteiger partial charge < -0.3 is 15.6 Å². The van der Waals surface area contributed by atoms with Crippen LogP contribution in [0.3, 0.4) is 0 Å². The first-order valence-electron chi connectivity index (χ1n) is 7.84. The number of aromatic amines is 1. The Balaban J connectivity index is 1.57. The van der Waals surface area contributed by atoms with Crippen LogP contribution in [0.25, 0.3) is 22.4 Å². The maximum Gasteiger partial charge on any atom is 0.246 e. The summed E-state index contributed by atoms with van der Waals surface area (Å²) in [5.41, 5.74) is 3.37. The molecule has 1 atom stereocenters. The third-order valence-corrected chi connectivity index (χ3v) is 4.11. The van der Waals surface area contributed by atoms with Gasteiger partial charge in [0.1, 0.15) is 11.9 Å². The fraction of sp³-hybridized carbons (Fsp3) is 0.167. The van der Waals surface area contributed by atoms with Gasteiger partial charge in [-0.15, -0.1) is 0 Å². The molecular formula is C18H16N4O2. The van der Waals surface area contributed by atoms with Crippen molar-refractivity contribution < 1.29 is 9.59 Å². The van der Waals surface area contributed by atoms with Crippen molar-refractivity contribution in [2.24, 2.45) is 0 Å². The van der Waals surface area contributed by atoms with E-state index in [9.17, 15) is 9.59 Å². The van der Waals surface area contributed by atoms with Crippen molar-refractivity contribution in [2.45, 2.75) is 18.9 Å². The summed E-state index contributed by atoms with van der Waals surface area (Å²) in [5, 5.41) is 5.51. The van der Waals surface area contributed by atoms with Crippen molar-refractivity contribution in [1.29, 1.82) is 0 Å². The molecule has 1 aliphatic rings. The number of benzene rings is 2. The number of fused-ring (bicyclic) bond motifs is 1. The summed E-state index contributed by atoms with van der Waals surface area (Å²) < 4.78 is 0. The summed E-state index contributed by atoms with van der Waals surface area (Å²) in [5.74, 6) is 0.520. The monoisotopic (exact) mass is 320 g/mol. The lowest BCUT2D eigenvalue weighted by molar-refractivity contribution is -0.122. The van der Waals surface area contributed by atoms with Gasteiger partial charge in [-0.2, -0.15) is 0 Å². The maximum atomic E-state index is 12.2. The minimum atomic E-state index is -0.449. The normalized spacial score (nSPS) is 17.0. The lowest BCUT2D eigenvalue weighted by Gasteiger charge is -2.10. The lowest BCUT2D eigenvalue weighted by Crippen LogP contribution is -2.37. The SMILES string of the molecule is O=C1CCC(C(=O)Nc2ccc3nc(-c4ccccc4)[nH]c3c2)N1. The van der Waals surface area contributed by atoms with Crippen molar-refractivity contribution in [2.75, 3.05) is 5.32 Å². The molecule has 6 heteroatoms. The highest BCUT2D eigenvalue weighted by Gasteiger charge is 2.27. The Bertz CT molecular complexity index is 917. The van der Waals surface area contributed by atoms with Crippen LogP contribution in [0.15, 0.2) is 48.5 Å². The van der Waals surface area contributed by atoms with Gasteiger partial charge in [-0.05, 0) is 24.6 Å². The predicted molar refractivity (Wildman–Crippen MR) is 91.3 cm³/mol. The summed E-state index contributed by atoms with van der Waals surface area (Å²) in [6, 6.07) is 14.9. The van der Waals surface area contributed by atoms with E-state index in [-0.39, 0.29) is 11.8 Å². The van der Waals surface area contributed by atoms with Gasteiger partial charge in [-0.1, -0.05) is 30.3 Å². The third-order valence-electron chi connectivity index (χ3n) is 4.11. The van der Waals surface area contributed by atoms with Gasteiger partial charge >= 0.3 is 0 Å². The van der Waals surface area contributed by atoms with Gasteiger partial charge in [-0.25, -0.2) is 4.98 Å². The number of hydrogen-bond donors (Lipinski definition) is 3. The van der Waals surface area contributed by atoms with Gasteiger partial charge in [0.15, 0.2) is 0 Å². The average molecular weight is 320 g/mol. The van der Waals surface area contributed by atoms with E-state index in [2.05, 4.69) is 20.6 Å². The molecule has 1 unspecified atom stereocenters. The van der Waals surface area contributed by atoms with Crippen LogP contribution in [0, 0.1) is 0 Å². The van der Waals surface area contributed by atoms with Gasteiger partial charge in [0.2, 0.25) is 11.8 Å². The summed E-state index contributed by atoms with van der Waals surface area (Å²) >= 11 is 0. The largest absolute Gasteiger partial charge is 0.344 e. The molecule has 0 aliphatic carbocycles. The van der Waals surface area contributed by atoms with E-state index in [1.165, 1.54) is 0 Å². The molecule has 0 saturated carbocycles. The Kier molecular flexibility index (Phi) is 3.49. The molecule has 2 amide bonds. The molecule has 2 aromatic carbocycles. The minimum absolute atomic E-state index is 0.0772. The van der Waals surface area contributed by atoms with Crippen LogP contribution in [0.5, 0.6) is 0 Å². The number of hydrogen-bond acceptors (Lipinski definition) is 3. The van der Waals surface area contributed by atoms with E-state index in [1.807, 2.05) is 48.5 Å². The van der Waals surface area contributed by atoms with E-state index in [1.54, 1.807) is 0 Å². The molecule has 4 rings (SSSR count). The van der Waals surface area contributed by atoms with Crippen LogP contribution in [0.1, 0.15) is 12.8 Å². The molecule has 24 heavy (non-hydrogen) atoms. The molecule has 1 saturated heterocycles. The maximum absolute atomic E-state index is 12.2. The van der Waals surface area contributed by atoms with E-state index < -0.39 is 6.04 Å². The number of imidazole rings is 1. The molecule has 0 bridgehead atoms. The van der Waals surface area contributed by atoms with E-state index in [0.29, 0.717) is 18.5 Å². The number of rotatable bonds is 3. The second-order valence-electron chi connectivity index (χ2n) is 5.83. The summed E-state index contributed by atoms with van der Waals surface area (Å²) in [6.45, 7) is 0. The summed E-state index contributed by atoms with van der Waals surface area (Å²) in [4.78, 5) is 31.2. The Morgan fingerprint density at radius 3 is 2.75 bits per heavy atom. The highest BCUT2D eigenvalue weighted by molar-refractivity contribution is 6.00. The second kappa shape index (κ2) is 5.81. The van der Waals surface area contributed by atoms with E-state index in [0.717, 1.165) is 22.4 Å². The second-order valence-corrected chi connectivity index (χ2v) is 5.83. The Labute approximate surface area is 138 Å². The fourth-order valence-corrected chi connectivity index (χ4v) is 2.86. The zero-order valence-corrected chi connectivity index (χ0v) is 12.9. The third kappa shape index (κ3) is 2.74. The van der Waals surface area contributed by atoms with Crippen molar-refractivity contribution in [3.05, 3.63) is 48.5 Å². The van der Waals surface area contributed by atoms with Crippen LogP contribution in [0.2, 0.25) is 0 Å². The quantitative estimate of drug-likeness (QED) is 0.693. The van der Waals surface area contributed by atoms with Gasteiger partial charge in [-0.3, -0.25) is 9.59 Å². The first-order valence-corrected chi connectivity index (χ1v) is 7.84. The minimum Gasteiger partial charge on any atom is -0.344 e. The number of anilines is 1. The first kappa shape index (κ1) is 14.4. The average Bonchev–Trinajstić information content (AvgIpc) is 3.21. The van der Waals surface area contributed by atoms with E-state index in [4.69, 9.17) is 0 Å². The Morgan fingerprint density at radius 2 is 2.00 bits per heavy atom. The summed E-state index contributed by atoms with van der Waals surface area (Å²) in [6.07, 6.45) is 0.938. The molecule has 6 nitrogen and oxygen atoms in total.